The number of halogens is 3. The first-order valence-electron chi connectivity index (χ1n) is 10.1. The first kappa shape index (κ1) is 25.8. The number of imide groups is 1. The Kier molecular flexibility index (Phi) is 7.75. The van der Waals surface area contributed by atoms with Crippen LogP contribution in [0.2, 0.25) is 15.1 Å². The molecule has 1 saturated heterocycles. The minimum Gasteiger partial charge on any atom is -0.465 e. The minimum atomic E-state index is -0.675. The fraction of sp³-hybridized carbons (Fsp3) is 0.0833. The van der Waals surface area contributed by atoms with Gasteiger partial charge in [0.1, 0.15) is 18.1 Å². The van der Waals surface area contributed by atoms with Crippen LogP contribution in [0.4, 0.5) is 10.5 Å². The Morgan fingerprint density at radius 1 is 1.08 bits per heavy atom. The predicted molar refractivity (Wildman–Crippen MR) is 138 cm³/mol. The van der Waals surface area contributed by atoms with Crippen molar-refractivity contribution in [1.82, 2.24) is 4.90 Å². The van der Waals surface area contributed by atoms with E-state index in [2.05, 4.69) is 10.1 Å². The third-order valence-corrected chi connectivity index (χ3v) is 7.00. The molecule has 12 heteroatoms. The van der Waals surface area contributed by atoms with Crippen LogP contribution in [0.25, 0.3) is 17.4 Å². The monoisotopic (exact) mass is 564 g/mol. The maximum atomic E-state index is 12.8. The van der Waals surface area contributed by atoms with Crippen molar-refractivity contribution in [3.8, 4) is 11.3 Å². The third kappa shape index (κ3) is 5.44. The molecule has 0 radical (unpaired) electrons. The maximum Gasteiger partial charge on any atom is 0.339 e. The van der Waals surface area contributed by atoms with Crippen molar-refractivity contribution in [2.45, 2.75) is 0 Å². The summed E-state index contributed by atoms with van der Waals surface area (Å²) >= 11 is 18.9. The molecule has 1 aliphatic heterocycles. The number of thioether (sulfide) groups is 1. The number of methoxy groups -OCH3 is 1. The Hall–Kier alpha value is -3.24. The second kappa shape index (κ2) is 10.8. The quantitative estimate of drug-likeness (QED) is 0.273. The van der Waals surface area contributed by atoms with Crippen molar-refractivity contribution in [3.05, 3.63) is 79.8 Å². The molecule has 2 heterocycles. The zero-order valence-corrected chi connectivity index (χ0v) is 21.4. The molecule has 2 aromatic carbocycles. The molecule has 0 spiro atoms. The van der Waals surface area contributed by atoms with Gasteiger partial charge in [0, 0.05) is 17.3 Å². The second-order valence-corrected chi connectivity index (χ2v) is 9.49. The standard InChI is InChI=1S/C24H15Cl3N2O6S/c1-34-23(32)15-9-12(5-7-16(15)25)28-20(30)11-29-22(31)19(36-24(29)33)10-13-6-8-18(35-13)14-3-2-4-17(26)21(14)27/h2-10H,11H2,1H3,(H,28,30)/b19-10+. The highest BCUT2D eigenvalue weighted by Gasteiger charge is 2.36. The summed E-state index contributed by atoms with van der Waals surface area (Å²) in [6, 6.07) is 12.6. The molecule has 3 aromatic rings. The summed E-state index contributed by atoms with van der Waals surface area (Å²) in [4.78, 5) is 50.4. The minimum absolute atomic E-state index is 0.0583. The summed E-state index contributed by atoms with van der Waals surface area (Å²) < 4.78 is 10.4. The van der Waals surface area contributed by atoms with E-state index in [1.54, 1.807) is 30.3 Å². The van der Waals surface area contributed by atoms with Crippen LogP contribution in [0.5, 0.6) is 0 Å². The third-order valence-electron chi connectivity index (χ3n) is 4.95. The van der Waals surface area contributed by atoms with E-state index in [0.29, 0.717) is 38.9 Å². The number of hydrogen-bond acceptors (Lipinski definition) is 7. The predicted octanol–water partition coefficient (Wildman–Crippen LogP) is 6.37. The second-order valence-electron chi connectivity index (χ2n) is 7.31. The van der Waals surface area contributed by atoms with Gasteiger partial charge >= 0.3 is 5.97 Å². The maximum absolute atomic E-state index is 12.8. The lowest BCUT2D eigenvalue weighted by Gasteiger charge is -2.13. The number of benzene rings is 2. The van der Waals surface area contributed by atoms with Crippen molar-refractivity contribution in [2.75, 3.05) is 19.0 Å². The van der Waals surface area contributed by atoms with E-state index < -0.39 is 29.6 Å². The normalized spacial score (nSPS) is 14.4. The van der Waals surface area contributed by atoms with E-state index >= 15 is 0 Å². The number of carbonyl (C=O) groups is 4. The Labute approximate surface area is 224 Å². The summed E-state index contributed by atoms with van der Waals surface area (Å²) in [5, 5.41) is 2.76. The molecule has 1 aromatic heterocycles. The fourth-order valence-corrected chi connectivity index (χ4v) is 4.66. The van der Waals surface area contributed by atoms with Gasteiger partial charge in [0.2, 0.25) is 5.91 Å². The van der Waals surface area contributed by atoms with Crippen molar-refractivity contribution in [2.24, 2.45) is 0 Å². The highest BCUT2D eigenvalue weighted by Crippen LogP contribution is 2.36. The van der Waals surface area contributed by atoms with Gasteiger partial charge in [-0.05, 0) is 54.2 Å². The topological polar surface area (TPSA) is 106 Å². The Balaban J connectivity index is 1.46. The van der Waals surface area contributed by atoms with Gasteiger partial charge in [0.05, 0.1) is 32.6 Å². The molecule has 0 saturated carbocycles. The molecule has 1 N–H and O–H groups in total. The van der Waals surface area contributed by atoms with E-state index in [-0.39, 0.29) is 21.2 Å². The Morgan fingerprint density at radius 2 is 1.86 bits per heavy atom. The SMILES string of the molecule is COC(=O)c1cc(NC(=O)CN2C(=O)S/C(=C/c3ccc(-c4cccc(Cl)c4Cl)o3)C2=O)ccc1Cl. The van der Waals surface area contributed by atoms with Gasteiger partial charge in [-0.15, -0.1) is 0 Å². The number of rotatable bonds is 6. The van der Waals surface area contributed by atoms with E-state index in [1.165, 1.54) is 31.4 Å². The van der Waals surface area contributed by atoms with E-state index in [1.807, 2.05) is 0 Å². The van der Waals surface area contributed by atoms with E-state index in [4.69, 9.17) is 39.2 Å². The molecule has 0 atom stereocenters. The molecule has 4 rings (SSSR count). The van der Waals surface area contributed by atoms with Crippen LogP contribution in [0, 0.1) is 0 Å². The van der Waals surface area contributed by atoms with Crippen LogP contribution in [0.15, 0.2) is 57.9 Å². The largest absolute Gasteiger partial charge is 0.465 e. The number of nitrogens with one attached hydrogen (secondary N) is 1. The molecule has 36 heavy (non-hydrogen) atoms. The lowest BCUT2D eigenvalue weighted by molar-refractivity contribution is -0.127. The first-order chi connectivity index (χ1) is 17.2. The molecule has 0 aliphatic carbocycles. The molecule has 184 valence electrons. The highest BCUT2D eigenvalue weighted by molar-refractivity contribution is 8.18. The highest BCUT2D eigenvalue weighted by atomic mass is 35.5. The smallest absolute Gasteiger partial charge is 0.339 e. The molecule has 8 nitrogen and oxygen atoms in total. The molecule has 1 aliphatic rings. The molecule has 0 unspecified atom stereocenters. The van der Waals surface area contributed by atoms with Crippen LogP contribution < -0.4 is 5.32 Å². The van der Waals surface area contributed by atoms with E-state index in [9.17, 15) is 19.2 Å². The van der Waals surface area contributed by atoms with Gasteiger partial charge in [-0.1, -0.05) is 40.9 Å². The molecular weight excluding hydrogens is 551 g/mol. The molecular formula is C24H15Cl3N2O6S. The van der Waals surface area contributed by atoms with Crippen molar-refractivity contribution in [3.63, 3.8) is 0 Å². The molecule has 1 fully saturated rings. The first-order valence-corrected chi connectivity index (χ1v) is 12.1. The number of hydrogen-bond donors (Lipinski definition) is 1. The summed E-state index contributed by atoms with van der Waals surface area (Å²) in [5.41, 5.74) is 0.879. The zero-order chi connectivity index (χ0) is 26.0. The summed E-state index contributed by atoms with van der Waals surface area (Å²) in [6.45, 7) is -0.528. The number of carbonyl (C=O) groups excluding carboxylic acids is 4. The van der Waals surface area contributed by atoms with Gasteiger partial charge in [-0.25, -0.2) is 4.79 Å². The zero-order valence-electron chi connectivity index (χ0n) is 18.3. The van der Waals surface area contributed by atoms with Crippen LogP contribution >= 0.6 is 46.6 Å². The van der Waals surface area contributed by atoms with Gasteiger partial charge in [-0.3, -0.25) is 19.3 Å². The summed E-state index contributed by atoms with van der Waals surface area (Å²) in [5.74, 6) is -1.22. The summed E-state index contributed by atoms with van der Waals surface area (Å²) in [6.07, 6.45) is 1.41. The Morgan fingerprint density at radius 3 is 2.61 bits per heavy atom. The number of esters is 1. The number of amides is 3. The number of furan rings is 1. The fourth-order valence-electron chi connectivity index (χ4n) is 3.25. The lowest BCUT2D eigenvalue weighted by Crippen LogP contribution is -2.36. The lowest BCUT2D eigenvalue weighted by atomic mass is 10.2. The van der Waals surface area contributed by atoms with Crippen LogP contribution in [-0.4, -0.2) is 41.6 Å². The molecule has 3 amide bonds. The van der Waals surface area contributed by atoms with Gasteiger partial charge in [0.15, 0.2) is 0 Å². The van der Waals surface area contributed by atoms with Gasteiger partial charge < -0.3 is 14.5 Å². The van der Waals surface area contributed by atoms with Crippen LogP contribution in [0.3, 0.4) is 0 Å². The number of nitrogens with zero attached hydrogens (tertiary/aromatic N) is 1. The van der Waals surface area contributed by atoms with Crippen molar-refractivity contribution >= 4 is 81.4 Å². The van der Waals surface area contributed by atoms with Gasteiger partial charge in [-0.2, -0.15) is 0 Å². The van der Waals surface area contributed by atoms with Crippen LogP contribution in [0.1, 0.15) is 16.1 Å². The number of anilines is 1. The van der Waals surface area contributed by atoms with Crippen molar-refractivity contribution < 1.29 is 28.3 Å². The van der Waals surface area contributed by atoms with Gasteiger partial charge in [0.25, 0.3) is 11.1 Å². The van der Waals surface area contributed by atoms with Crippen LogP contribution in [-0.2, 0) is 14.3 Å². The average molecular weight is 566 g/mol. The number of ether oxygens (including phenoxy) is 1. The Bertz CT molecular complexity index is 1430. The van der Waals surface area contributed by atoms with E-state index in [0.717, 1.165) is 4.90 Å². The summed E-state index contributed by atoms with van der Waals surface area (Å²) in [7, 11) is 1.20. The molecule has 0 bridgehead atoms. The average Bonchev–Trinajstić information content (AvgIpc) is 3.41. The van der Waals surface area contributed by atoms with Crippen molar-refractivity contribution in [1.29, 1.82) is 0 Å².